The molecule has 4 bridgehead atoms. The molecule has 11 rings (SSSR count). The van der Waals surface area contributed by atoms with Crippen molar-refractivity contribution in [3.63, 3.8) is 0 Å². The first-order valence-corrected chi connectivity index (χ1v) is 18.6. The molecule has 5 aromatic carbocycles. The Morgan fingerprint density at radius 1 is 0.529 bits per heavy atom. The van der Waals surface area contributed by atoms with Gasteiger partial charge in [-0.25, -0.2) is 15.0 Å². The molecule has 1 aromatic heterocycles. The van der Waals surface area contributed by atoms with Gasteiger partial charge < -0.3 is 0 Å². The van der Waals surface area contributed by atoms with Gasteiger partial charge in [-0.05, 0) is 119 Å². The zero-order valence-electron chi connectivity index (χ0n) is 29.2. The molecular weight excluding hydrogens is 621 g/mol. The lowest BCUT2D eigenvalue weighted by atomic mass is 9.48. The van der Waals surface area contributed by atoms with Crippen LogP contribution in [0.1, 0.15) is 74.6 Å². The molecule has 5 aliphatic carbocycles. The minimum atomic E-state index is -0.250. The van der Waals surface area contributed by atoms with E-state index in [1.54, 1.807) is 0 Å². The first-order chi connectivity index (χ1) is 24.9. The van der Waals surface area contributed by atoms with E-state index in [9.17, 15) is 5.26 Å². The van der Waals surface area contributed by atoms with Crippen molar-refractivity contribution in [3.8, 4) is 62.5 Å². The molecule has 0 saturated heterocycles. The van der Waals surface area contributed by atoms with Gasteiger partial charge >= 0.3 is 0 Å². The number of benzene rings is 5. The molecule has 0 radical (unpaired) electrons. The number of fused-ring (bicyclic) bond motifs is 3. The van der Waals surface area contributed by atoms with Crippen molar-refractivity contribution < 1.29 is 0 Å². The summed E-state index contributed by atoms with van der Waals surface area (Å²) in [7, 11) is 0. The molecule has 0 unspecified atom stereocenters. The Labute approximate surface area is 300 Å². The van der Waals surface area contributed by atoms with Gasteiger partial charge in [-0.2, -0.15) is 5.26 Å². The fraction of sp³-hybridized carbons (Fsp3) is 0.277. The van der Waals surface area contributed by atoms with Crippen molar-refractivity contribution >= 4 is 0 Å². The second-order valence-electron chi connectivity index (χ2n) is 16.3. The molecule has 0 atom stereocenters. The van der Waals surface area contributed by atoms with E-state index >= 15 is 0 Å². The lowest BCUT2D eigenvalue weighted by molar-refractivity contribution is -0.00519. The smallest absolute Gasteiger partial charge is 0.164 e. The van der Waals surface area contributed by atoms with Crippen molar-refractivity contribution in [3.05, 3.63) is 138 Å². The van der Waals surface area contributed by atoms with Crippen LogP contribution in [0.2, 0.25) is 0 Å². The first kappa shape index (κ1) is 30.4. The molecular formula is C47H40N4. The molecule has 1 heterocycles. The Balaban J connectivity index is 1.02. The van der Waals surface area contributed by atoms with Crippen LogP contribution in [0, 0.1) is 29.1 Å². The van der Waals surface area contributed by atoms with E-state index in [1.807, 2.05) is 60.7 Å². The van der Waals surface area contributed by atoms with Crippen LogP contribution in [-0.2, 0) is 10.8 Å². The number of hydrogen-bond donors (Lipinski definition) is 0. The zero-order valence-corrected chi connectivity index (χ0v) is 29.2. The standard InChI is InChI=1S/C47H40N4/c1-46(2)41-23-34(38-18-15-37(22-36(38)28-48)47-25-29-19-30(26-47)21-31(20-29)27-47)13-16-39(41)40-17-14-35(24-42(40)46)45-50-43(32-9-5-3-6-10-32)49-44(51-45)33-11-7-4-8-12-33/h3-18,22-24,29-31H,19-21,25-27H2,1-2H3/t29-,30+,31-,47?. The summed E-state index contributed by atoms with van der Waals surface area (Å²) in [5, 5.41) is 10.5. The van der Waals surface area contributed by atoms with Crippen molar-refractivity contribution in [2.24, 2.45) is 17.8 Å². The van der Waals surface area contributed by atoms with Gasteiger partial charge in [-0.3, -0.25) is 0 Å². The van der Waals surface area contributed by atoms with Crippen LogP contribution in [0.3, 0.4) is 0 Å². The van der Waals surface area contributed by atoms with Crippen molar-refractivity contribution in [2.75, 3.05) is 0 Å². The number of hydrogen-bond acceptors (Lipinski definition) is 4. The maximum absolute atomic E-state index is 10.5. The van der Waals surface area contributed by atoms with Gasteiger partial charge in [0.2, 0.25) is 0 Å². The highest BCUT2D eigenvalue weighted by Gasteiger charge is 2.51. The predicted octanol–water partition coefficient (Wildman–Crippen LogP) is 11.2. The lowest BCUT2D eigenvalue weighted by Gasteiger charge is -2.57. The van der Waals surface area contributed by atoms with Gasteiger partial charge in [0.1, 0.15) is 0 Å². The van der Waals surface area contributed by atoms with Crippen LogP contribution >= 0.6 is 0 Å². The van der Waals surface area contributed by atoms with E-state index < -0.39 is 0 Å². The third-order valence-electron chi connectivity index (χ3n) is 12.7. The second kappa shape index (κ2) is 11.3. The van der Waals surface area contributed by atoms with Crippen LogP contribution < -0.4 is 0 Å². The highest BCUT2D eigenvalue weighted by Crippen LogP contribution is 2.61. The van der Waals surface area contributed by atoms with E-state index in [4.69, 9.17) is 15.0 Å². The third-order valence-corrected chi connectivity index (χ3v) is 12.7. The van der Waals surface area contributed by atoms with Crippen molar-refractivity contribution in [1.29, 1.82) is 5.26 Å². The van der Waals surface area contributed by atoms with Gasteiger partial charge in [0.25, 0.3) is 0 Å². The normalized spacial score (nSPS) is 23.4. The molecule has 4 saturated carbocycles. The number of aromatic nitrogens is 3. The van der Waals surface area contributed by atoms with E-state index in [2.05, 4.69) is 74.5 Å². The molecule has 0 amide bonds. The van der Waals surface area contributed by atoms with Crippen LogP contribution in [0.4, 0.5) is 0 Å². The number of rotatable bonds is 5. The van der Waals surface area contributed by atoms with E-state index in [0.717, 1.165) is 51.1 Å². The quantitative estimate of drug-likeness (QED) is 0.185. The van der Waals surface area contributed by atoms with Gasteiger partial charge in [-0.1, -0.05) is 111 Å². The maximum Gasteiger partial charge on any atom is 0.164 e. The highest BCUT2D eigenvalue weighted by molar-refractivity contribution is 5.86. The first-order valence-electron chi connectivity index (χ1n) is 18.6. The summed E-state index contributed by atoms with van der Waals surface area (Å²) in [4.78, 5) is 14.9. The Morgan fingerprint density at radius 3 is 1.53 bits per heavy atom. The van der Waals surface area contributed by atoms with Crippen LogP contribution in [0.5, 0.6) is 0 Å². The zero-order chi connectivity index (χ0) is 34.3. The summed E-state index contributed by atoms with van der Waals surface area (Å²) in [6, 6.07) is 43.2. The topological polar surface area (TPSA) is 62.5 Å². The van der Waals surface area contributed by atoms with E-state index in [0.29, 0.717) is 17.5 Å². The SMILES string of the molecule is CC1(C)c2cc(-c3nc(-c4ccccc4)nc(-c4ccccc4)n3)ccc2-c2ccc(-c3ccc(C45C[C@H]6C[C@@H](C4)C[C@@H](C5)C6)cc3C#N)cc21. The number of nitriles is 1. The van der Waals surface area contributed by atoms with Gasteiger partial charge in [0, 0.05) is 22.1 Å². The maximum atomic E-state index is 10.5. The summed E-state index contributed by atoms with van der Waals surface area (Å²) in [5.41, 5.74) is 12.3. The van der Waals surface area contributed by atoms with Gasteiger partial charge in [-0.15, -0.1) is 0 Å². The van der Waals surface area contributed by atoms with E-state index in [-0.39, 0.29) is 10.8 Å². The minimum Gasteiger partial charge on any atom is -0.208 e. The number of nitrogens with zero attached hydrogens (tertiary/aromatic N) is 4. The molecule has 6 aromatic rings. The van der Waals surface area contributed by atoms with Crippen LogP contribution in [0.25, 0.3) is 56.4 Å². The molecule has 0 N–H and O–H groups in total. The molecule has 0 spiro atoms. The van der Waals surface area contributed by atoms with Crippen LogP contribution in [-0.4, -0.2) is 15.0 Å². The van der Waals surface area contributed by atoms with E-state index in [1.165, 1.54) is 66.3 Å². The predicted molar refractivity (Wildman–Crippen MR) is 204 cm³/mol. The van der Waals surface area contributed by atoms with Gasteiger partial charge in [0.05, 0.1) is 11.6 Å². The third kappa shape index (κ3) is 4.89. The average molecular weight is 661 g/mol. The Morgan fingerprint density at radius 2 is 1.00 bits per heavy atom. The van der Waals surface area contributed by atoms with Crippen molar-refractivity contribution in [1.82, 2.24) is 15.0 Å². The summed E-state index contributed by atoms with van der Waals surface area (Å²) in [6.45, 7) is 4.62. The average Bonchev–Trinajstić information content (AvgIpc) is 3.39. The molecule has 0 aliphatic heterocycles. The van der Waals surface area contributed by atoms with Crippen LogP contribution in [0.15, 0.2) is 115 Å². The summed E-state index contributed by atoms with van der Waals surface area (Å²) in [5.74, 6) is 4.62. The molecule has 5 aliphatic rings. The molecule has 4 nitrogen and oxygen atoms in total. The summed E-state index contributed by atoms with van der Waals surface area (Å²) in [6.07, 6.45) is 8.20. The summed E-state index contributed by atoms with van der Waals surface area (Å²) >= 11 is 0. The van der Waals surface area contributed by atoms with Gasteiger partial charge in [0.15, 0.2) is 17.5 Å². The Kier molecular flexibility index (Phi) is 6.74. The highest BCUT2D eigenvalue weighted by atomic mass is 15.0. The molecule has 4 fully saturated rings. The summed E-state index contributed by atoms with van der Waals surface area (Å²) < 4.78 is 0. The minimum absolute atomic E-state index is 0.250. The van der Waals surface area contributed by atoms with Crippen molar-refractivity contribution in [2.45, 2.75) is 63.2 Å². The fourth-order valence-corrected chi connectivity index (χ4v) is 10.7. The fourth-order valence-electron chi connectivity index (χ4n) is 10.7. The molecule has 51 heavy (non-hydrogen) atoms. The Hall–Kier alpha value is -5.40. The molecule has 4 heteroatoms. The lowest BCUT2D eigenvalue weighted by Crippen LogP contribution is -2.48. The second-order valence-corrected chi connectivity index (χ2v) is 16.3. The largest absolute Gasteiger partial charge is 0.208 e. The Bertz CT molecular complexity index is 2290. The molecule has 248 valence electrons. The monoisotopic (exact) mass is 660 g/mol.